The minimum atomic E-state index is 0.668. The van der Waals surface area contributed by atoms with Gasteiger partial charge in [-0.05, 0) is 30.7 Å². The normalized spacial score (nSPS) is 22.9. The highest BCUT2D eigenvalue weighted by Gasteiger charge is 2.19. The molecule has 1 aromatic carbocycles. The zero-order chi connectivity index (χ0) is 9.97. The van der Waals surface area contributed by atoms with Crippen LogP contribution in [0.5, 0.6) is 0 Å². The lowest BCUT2D eigenvalue weighted by Gasteiger charge is -2.14. The summed E-state index contributed by atoms with van der Waals surface area (Å²) in [6, 6.07) is 8.11. The van der Waals surface area contributed by atoms with Gasteiger partial charge in [-0.15, -0.1) is 0 Å². The van der Waals surface area contributed by atoms with Gasteiger partial charge in [0.25, 0.3) is 0 Å². The van der Waals surface area contributed by atoms with Crippen LogP contribution in [0.3, 0.4) is 0 Å². The van der Waals surface area contributed by atoms with Crippen LogP contribution in [-0.2, 0) is 6.54 Å². The second-order valence-electron chi connectivity index (χ2n) is 3.75. The van der Waals surface area contributed by atoms with Crippen molar-refractivity contribution in [3.8, 4) is 0 Å². The summed E-state index contributed by atoms with van der Waals surface area (Å²) in [6.45, 7) is 3.34. The Morgan fingerprint density at radius 1 is 1.50 bits per heavy atom. The van der Waals surface area contributed by atoms with Crippen molar-refractivity contribution in [2.45, 2.75) is 17.8 Å². The molecule has 76 valence electrons. The van der Waals surface area contributed by atoms with Crippen LogP contribution in [0.1, 0.15) is 12.0 Å². The van der Waals surface area contributed by atoms with Gasteiger partial charge >= 0.3 is 0 Å². The Bertz CT molecular complexity index is 316. The number of hydrogen-bond donors (Lipinski definition) is 0. The summed E-state index contributed by atoms with van der Waals surface area (Å²) >= 11 is 9.57. The lowest BCUT2D eigenvalue weighted by atomic mass is 10.2. The molecule has 0 N–H and O–H groups in total. The van der Waals surface area contributed by atoms with E-state index in [-0.39, 0.29) is 0 Å². The zero-order valence-electron chi connectivity index (χ0n) is 7.92. The van der Waals surface area contributed by atoms with Crippen molar-refractivity contribution in [2.75, 3.05) is 13.1 Å². The third kappa shape index (κ3) is 2.72. The van der Waals surface area contributed by atoms with Gasteiger partial charge in [0.1, 0.15) is 0 Å². The Hall–Kier alpha value is -0.0500. The minimum Gasteiger partial charge on any atom is -0.298 e. The van der Waals surface area contributed by atoms with Gasteiger partial charge in [-0.25, -0.2) is 0 Å². The molecule has 0 aromatic heterocycles. The van der Waals surface area contributed by atoms with Gasteiger partial charge in [-0.2, -0.15) is 0 Å². The third-order valence-electron chi connectivity index (χ3n) is 2.51. The topological polar surface area (TPSA) is 3.24 Å². The molecule has 0 amide bonds. The van der Waals surface area contributed by atoms with E-state index in [1.54, 1.807) is 0 Å². The van der Waals surface area contributed by atoms with Crippen molar-refractivity contribution in [3.63, 3.8) is 0 Å². The fraction of sp³-hybridized carbons (Fsp3) is 0.455. The molecular formula is C11H13BrClN. The Morgan fingerprint density at radius 3 is 3.00 bits per heavy atom. The van der Waals surface area contributed by atoms with E-state index in [1.165, 1.54) is 18.5 Å². The smallest absolute Gasteiger partial charge is 0.0409 e. The SMILES string of the molecule is Clc1cccc(CN2CCC(Br)C2)c1. The first-order valence-corrected chi connectivity index (χ1v) is 6.14. The van der Waals surface area contributed by atoms with E-state index in [4.69, 9.17) is 11.6 Å². The average Bonchev–Trinajstić information content (AvgIpc) is 2.51. The second-order valence-corrected chi connectivity index (χ2v) is 5.48. The Labute approximate surface area is 98.2 Å². The van der Waals surface area contributed by atoms with E-state index in [9.17, 15) is 0 Å². The van der Waals surface area contributed by atoms with Crippen molar-refractivity contribution >= 4 is 27.5 Å². The highest BCUT2D eigenvalue weighted by molar-refractivity contribution is 9.09. The van der Waals surface area contributed by atoms with E-state index in [2.05, 4.69) is 26.9 Å². The number of benzene rings is 1. The van der Waals surface area contributed by atoms with Crippen LogP contribution in [-0.4, -0.2) is 22.8 Å². The Kier molecular flexibility index (Phi) is 3.47. The van der Waals surface area contributed by atoms with Crippen molar-refractivity contribution < 1.29 is 0 Å². The number of likely N-dealkylation sites (tertiary alicyclic amines) is 1. The summed E-state index contributed by atoms with van der Waals surface area (Å²) in [5, 5.41) is 0.831. The van der Waals surface area contributed by atoms with Crippen molar-refractivity contribution in [1.82, 2.24) is 4.90 Å². The second kappa shape index (κ2) is 4.65. The van der Waals surface area contributed by atoms with Gasteiger partial charge in [0.05, 0.1) is 0 Å². The monoisotopic (exact) mass is 273 g/mol. The molecule has 1 aliphatic heterocycles. The quantitative estimate of drug-likeness (QED) is 0.748. The number of hydrogen-bond acceptors (Lipinski definition) is 1. The zero-order valence-corrected chi connectivity index (χ0v) is 10.3. The Balaban J connectivity index is 1.97. The minimum absolute atomic E-state index is 0.668. The van der Waals surface area contributed by atoms with Gasteiger partial charge < -0.3 is 0 Å². The summed E-state index contributed by atoms with van der Waals surface area (Å²) in [5.74, 6) is 0. The largest absolute Gasteiger partial charge is 0.298 e. The number of halogens is 2. The Morgan fingerprint density at radius 2 is 2.36 bits per heavy atom. The van der Waals surface area contributed by atoms with Crippen molar-refractivity contribution in [1.29, 1.82) is 0 Å². The molecule has 1 atom stereocenters. The number of alkyl halides is 1. The molecule has 3 heteroatoms. The lowest BCUT2D eigenvalue weighted by molar-refractivity contribution is 0.332. The first kappa shape index (κ1) is 10.5. The summed E-state index contributed by atoms with van der Waals surface area (Å²) in [6.07, 6.45) is 1.25. The van der Waals surface area contributed by atoms with Crippen LogP contribution >= 0.6 is 27.5 Å². The number of rotatable bonds is 2. The molecule has 1 aromatic rings. The maximum atomic E-state index is 5.93. The molecule has 1 saturated heterocycles. The van der Waals surface area contributed by atoms with Crippen molar-refractivity contribution in [3.05, 3.63) is 34.9 Å². The van der Waals surface area contributed by atoms with Crippen LogP contribution in [0.15, 0.2) is 24.3 Å². The van der Waals surface area contributed by atoms with E-state index >= 15 is 0 Å². The summed E-state index contributed by atoms with van der Waals surface area (Å²) in [4.78, 5) is 3.12. The van der Waals surface area contributed by atoms with Gasteiger partial charge in [-0.3, -0.25) is 4.90 Å². The first-order valence-electron chi connectivity index (χ1n) is 4.85. The fourth-order valence-corrected chi connectivity index (χ4v) is 2.65. The predicted octanol–water partition coefficient (Wildman–Crippen LogP) is 3.31. The van der Waals surface area contributed by atoms with Gasteiger partial charge in [-0.1, -0.05) is 39.7 Å². The molecule has 1 unspecified atom stereocenters. The molecule has 0 radical (unpaired) electrons. The van der Waals surface area contributed by atoms with Crippen LogP contribution in [0.2, 0.25) is 5.02 Å². The molecule has 0 bridgehead atoms. The molecule has 0 aliphatic carbocycles. The highest BCUT2D eigenvalue weighted by atomic mass is 79.9. The maximum absolute atomic E-state index is 5.93. The average molecular weight is 275 g/mol. The predicted molar refractivity (Wildman–Crippen MR) is 64.1 cm³/mol. The van der Waals surface area contributed by atoms with Crippen LogP contribution in [0.4, 0.5) is 0 Å². The number of nitrogens with zero attached hydrogens (tertiary/aromatic N) is 1. The standard InChI is InChI=1S/C11H13BrClN/c12-10-4-5-14(8-10)7-9-2-1-3-11(13)6-9/h1-3,6,10H,4-5,7-8H2. The van der Waals surface area contributed by atoms with Gasteiger partial charge in [0.2, 0.25) is 0 Å². The molecule has 1 nitrogen and oxygen atoms in total. The highest BCUT2D eigenvalue weighted by Crippen LogP contribution is 2.19. The van der Waals surface area contributed by atoms with Crippen LogP contribution in [0, 0.1) is 0 Å². The van der Waals surface area contributed by atoms with Crippen molar-refractivity contribution in [2.24, 2.45) is 0 Å². The molecule has 0 spiro atoms. The molecular weight excluding hydrogens is 261 g/mol. The summed E-state index contributed by atoms with van der Waals surface area (Å²) < 4.78 is 0. The summed E-state index contributed by atoms with van der Waals surface area (Å²) in [5.41, 5.74) is 1.30. The fourth-order valence-electron chi connectivity index (χ4n) is 1.82. The summed E-state index contributed by atoms with van der Waals surface area (Å²) in [7, 11) is 0. The van der Waals surface area contributed by atoms with E-state index in [1.807, 2.05) is 18.2 Å². The third-order valence-corrected chi connectivity index (χ3v) is 3.49. The van der Waals surface area contributed by atoms with E-state index in [0.717, 1.165) is 18.1 Å². The van der Waals surface area contributed by atoms with Crippen LogP contribution < -0.4 is 0 Å². The molecule has 0 saturated carbocycles. The molecule has 1 heterocycles. The first-order chi connectivity index (χ1) is 6.74. The van der Waals surface area contributed by atoms with Crippen LogP contribution in [0.25, 0.3) is 0 Å². The molecule has 2 rings (SSSR count). The molecule has 14 heavy (non-hydrogen) atoms. The lowest BCUT2D eigenvalue weighted by Crippen LogP contribution is -2.19. The molecule has 1 fully saturated rings. The van der Waals surface area contributed by atoms with Gasteiger partial charge in [0.15, 0.2) is 0 Å². The maximum Gasteiger partial charge on any atom is 0.0409 e. The van der Waals surface area contributed by atoms with Gasteiger partial charge in [0, 0.05) is 22.9 Å². The van der Waals surface area contributed by atoms with E-state index in [0.29, 0.717) is 4.83 Å². The van der Waals surface area contributed by atoms with E-state index < -0.39 is 0 Å². The molecule has 1 aliphatic rings.